The molecule has 3 aromatic rings. The van der Waals surface area contributed by atoms with E-state index in [2.05, 4.69) is 9.97 Å². The Labute approximate surface area is 113 Å². The number of primary amides is 1. The first-order valence-corrected chi connectivity index (χ1v) is 6.58. The van der Waals surface area contributed by atoms with E-state index >= 15 is 0 Å². The predicted molar refractivity (Wildman–Crippen MR) is 76.1 cm³/mol. The summed E-state index contributed by atoms with van der Waals surface area (Å²) in [7, 11) is 0. The summed E-state index contributed by atoms with van der Waals surface area (Å²) in [4.78, 5) is 19.7. The van der Waals surface area contributed by atoms with Crippen LogP contribution in [0.5, 0.6) is 0 Å². The highest BCUT2D eigenvalue weighted by Gasteiger charge is 2.06. The van der Waals surface area contributed by atoms with Gasteiger partial charge in [-0.1, -0.05) is 6.07 Å². The van der Waals surface area contributed by atoms with Crippen molar-refractivity contribution in [2.75, 3.05) is 0 Å². The number of carbonyl (C=O) groups is 1. The van der Waals surface area contributed by atoms with Crippen LogP contribution in [0.25, 0.3) is 21.5 Å². The van der Waals surface area contributed by atoms with Gasteiger partial charge in [-0.15, -0.1) is 11.3 Å². The third-order valence-corrected chi connectivity index (χ3v) is 3.79. The lowest BCUT2D eigenvalue weighted by Gasteiger charge is -2.01. The van der Waals surface area contributed by atoms with E-state index in [-0.39, 0.29) is 0 Å². The van der Waals surface area contributed by atoms with E-state index in [0.29, 0.717) is 5.56 Å². The number of carbonyl (C=O) groups excluding carboxylic acids is 1. The van der Waals surface area contributed by atoms with E-state index < -0.39 is 5.91 Å². The summed E-state index contributed by atoms with van der Waals surface area (Å²) in [5, 5.41) is 1.05. The average molecular weight is 269 g/mol. The SMILES string of the molecule is Cc1nc2cc(-c3ccc(C(N)=O)cn3)ccc2s1. The summed E-state index contributed by atoms with van der Waals surface area (Å²) >= 11 is 1.67. The molecule has 0 radical (unpaired) electrons. The van der Waals surface area contributed by atoms with Crippen LogP contribution in [0.2, 0.25) is 0 Å². The molecule has 3 rings (SSSR count). The Bertz CT molecular complexity index is 762. The van der Waals surface area contributed by atoms with Crippen LogP contribution in [0.4, 0.5) is 0 Å². The first-order chi connectivity index (χ1) is 9.13. The summed E-state index contributed by atoms with van der Waals surface area (Å²) in [6, 6.07) is 9.53. The quantitative estimate of drug-likeness (QED) is 0.777. The Morgan fingerprint density at radius 3 is 2.79 bits per heavy atom. The molecule has 0 bridgehead atoms. The Morgan fingerprint density at radius 2 is 2.11 bits per heavy atom. The maximum absolute atomic E-state index is 11.0. The summed E-state index contributed by atoms with van der Waals surface area (Å²) in [6.45, 7) is 1.99. The van der Waals surface area contributed by atoms with Gasteiger partial charge in [0.15, 0.2) is 0 Å². The molecule has 0 aliphatic carbocycles. The van der Waals surface area contributed by atoms with E-state index in [1.54, 1.807) is 23.5 Å². The zero-order valence-corrected chi connectivity index (χ0v) is 11.1. The largest absolute Gasteiger partial charge is 0.366 e. The van der Waals surface area contributed by atoms with E-state index in [0.717, 1.165) is 26.5 Å². The van der Waals surface area contributed by atoms with Gasteiger partial charge >= 0.3 is 0 Å². The number of hydrogen-bond donors (Lipinski definition) is 1. The van der Waals surface area contributed by atoms with Gasteiger partial charge in [0.05, 0.1) is 26.5 Å². The molecule has 4 nitrogen and oxygen atoms in total. The number of amides is 1. The van der Waals surface area contributed by atoms with E-state index in [1.807, 2.05) is 25.1 Å². The number of thiazole rings is 1. The van der Waals surface area contributed by atoms with Crippen molar-refractivity contribution in [2.45, 2.75) is 6.92 Å². The third-order valence-electron chi connectivity index (χ3n) is 2.84. The molecule has 0 spiro atoms. The summed E-state index contributed by atoms with van der Waals surface area (Å²) in [5.41, 5.74) is 8.36. The molecule has 0 fully saturated rings. The number of nitrogens with two attached hydrogens (primary N) is 1. The van der Waals surface area contributed by atoms with Gasteiger partial charge in [0.2, 0.25) is 5.91 Å². The van der Waals surface area contributed by atoms with Gasteiger partial charge in [-0.05, 0) is 31.2 Å². The number of hydrogen-bond acceptors (Lipinski definition) is 4. The lowest BCUT2D eigenvalue weighted by molar-refractivity contribution is 0.1000. The van der Waals surface area contributed by atoms with Crippen molar-refractivity contribution in [3.63, 3.8) is 0 Å². The molecule has 0 atom stereocenters. The van der Waals surface area contributed by atoms with Crippen molar-refractivity contribution in [2.24, 2.45) is 5.73 Å². The average Bonchev–Trinajstić information content (AvgIpc) is 2.77. The van der Waals surface area contributed by atoms with Crippen LogP contribution >= 0.6 is 11.3 Å². The molecule has 2 N–H and O–H groups in total. The monoisotopic (exact) mass is 269 g/mol. The Kier molecular flexibility index (Phi) is 2.76. The molecular weight excluding hydrogens is 258 g/mol. The molecule has 0 aliphatic heterocycles. The van der Waals surface area contributed by atoms with Crippen molar-refractivity contribution >= 4 is 27.5 Å². The third kappa shape index (κ3) is 2.20. The highest BCUT2D eigenvalue weighted by molar-refractivity contribution is 7.18. The normalized spacial score (nSPS) is 10.8. The second-order valence-corrected chi connectivity index (χ2v) is 5.45. The van der Waals surface area contributed by atoms with Crippen LogP contribution in [0.1, 0.15) is 15.4 Å². The van der Waals surface area contributed by atoms with Crippen LogP contribution in [0.15, 0.2) is 36.5 Å². The van der Waals surface area contributed by atoms with Crippen molar-refractivity contribution in [3.8, 4) is 11.3 Å². The number of pyridine rings is 1. The Balaban J connectivity index is 2.05. The highest BCUT2D eigenvalue weighted by atomic mass is 32.1. The maximum atomic E-state index is 11.0. The first-order valence-electron chi connectivity index (χ1n) is 5.77. The zero-order valence-electron chi connectivity index (χ0n) is 10.3. The predicted octanol–water partition coefficient (Wildman–Crippen LogP) is 2.77. The highest BCUT2D eigenvalue weighted by Crippen LogP contribution is 2.26. The van der Waals surface area contributed by atoms with Gasteiger partial charge in [0, 0.05) is 11.8 Å². The van der Waals surface area contributed by atoms with Gasteiger partial charge in [-0.3, -0.25) is 9.78 Å². The molecular formula is C14H11N3OS. The number of rotatable bonds is 2. The lowest BCUT2D eigenvalue weighted by Crippen LogP contribution is -2.10. The number of aryl methyl sites for hydroxylation is 1. The molecule has 1 aromatic carbocycles. The summed E-state index contributed by atoms with van der Waals surface area (Å²) in [5.74, 6) is -0.468. The zero-order chi connectivity index (χ0) is 13.4. The molecule has 19 heavy (non-hydrogen) atoms. The summed E-state index contributed by atoms with van der Waals surface area (Å²) in [6.07, 6.45) is 1.49. The Morgan fingerprint density at radius 1 is 1.26 bits per heavy atom. The van der Waals surface area contributed by atoms with Crippen molar-refractivity contribution < 1.29 is 4.79 Å². The van der Waals surface area contributed by atoms with Crippen molar-refractivity contribution in [1.82, 2.24) is 9.97 Å². The fourth-order valence-corrected chi connectivity index (χ4v) is 2.72. The van der Waals surface area contributed by atoms with Crippen LogP contribution in [0.3, 0.4) is 0 Å². The number of fused-ring (bicyclic) bond motifs is 1. The topological polar surface area (TPSA) is 68.9 Å². The van der Waals surface area contributed by atoms with Crippen LogP contribution in [-0.4, -0.2) is 15.9 Å². The van der Waals surface area contributed by atoms with Gasteiger partial charge in [-0.2, -0.15) is 0 Å². The molecule has 5 heteroatoms. The fraction of sp³-hybridized carbons (Fsp3) is 0.0714. The number of aromatic nitrogens is 2. The standard InChI is InChI=1S/C14H11N3OS/c1-8-17-12-6-9(3-5-13(12)19-8)11-4-2-10(7-16-11)14(15)18/h2-7H,1H3,(H2,15,18). The molecule has 1 amide bonds. The van der Waals surface area contributed by atoms with E-state index in [1.165, 1.54) is 6.20 Å². The minimum atomic E-state index is -0.468. The molecule has 0 saturated heterocycles. The van der Waals surface area contributed by atoms with Crippen LogP contribution in [0, 0.1) is 6.92 Å². The molecule has 0 aliphatic rings. The molecule has 0 unspecified atom stereocenters. The van der Waals surface area contributed by atoms with Crippen molar-refractivity contribution in [3.05, 3.63) is 47.1 Å². The lowest BCUT2D eigenvalue weighted by atomic mass is 10.1. The first kappa shape index (κ1) is 11.8. The number of benzene rings is 1. The maximum Gasteiger partial charge on any atom is 0.250 e. The molecule has 0 saturated carbocycles. The van der Waals surface area contributed by atoms with Crippen molar-refractivity contribution in [1.29, 1.82) is 0 Å². The minimum absolute atomic E-state index is 0.411. The van der Waals surface area contributed by atoms with Gasteiger partial charge in [-0.25, -0.2) is 4.98 Å². The van der Waals surface area contributed by atoms with Crippen LogP contribution < -0.4 is 5.73 Å². The van der Waals surface area contributed by atoms with Crippen LogP contribution in [-0.2, 0) is 0 Å². The molecule has 2 heterocycles. The second kappa shape index (κ2) is 4.44. The smallest absolute Gasteiger partial charge is 0.250 e. The number of nitrogens with zero attached hydrogens (tertiary/aromatic N) is 2. The molecule has 2 aromatic heterocycles. The second-order valence-electron chi connectivity index (χ2n) is 4.21. The fourth-order valence-electron chi connectivity index (χ4n) is 1.91. The van der Waals surface area contributed by atoms with E-state index in [4.69, 9.17) is 5.73 Å². The summed E-state index contributed by atoms with van der Waals surface area (Å²) < 4.78 is 1.16. The van der Waals surface area contributed by atoms with Gasteiger partial charge in [0.1, 0.15) is 0 Å². The molecule has 94 valence electrons. The minimum Gasteiger partial charge on any atom is -0.366 e. The Hall–Kier alpha value is -2.27. The van der Waals surface area contributed by atoms with E-state index in [9.17, 15) is 4.79 Å². The van der Waals surface area contributed by atoms with Gasteiger partial charge in [0.25, 0.3) is 0 Å². The van der Waals surface area contributed by atoms with Gasteiger partial charge < -0.3 is 5.73 Å².